The lowest BCUT2D eigenvalue weighted by Gasteiger charge is -2.50. The van der Waals surface area contributed by atoms with Crippen LogP contribution in [0.15, 0.2) is 57.7 Å². The molecule has 33 heavy (non-hydrogen) atoms. The summed E-state index contributed by atoms with van der Waals surface area (Å²) in [6.07, 6.45) is 3.09. The van der Waals surface area contributed by atoms with Gasteiger partial charge in [0.15, 0.2) is 6.10 Å². The van der Waals surface area contributed by atoms with Gasteiger partial charge in [-0.15, -0.1) is 0 Å². The molecule has 0 aliphatic carbocycles. The average Bonchev–Trinajstić information content (AvgIpc) is 3.25. The third kappa shape index (κ3) is 4.50. The van der Waals surface area contributed by atoms with Gasteiger partial charge in [0, 0.05) is 42.4 Å². The molecule has 2 heterocycles. The number of aliphatic imine (C=N–C) groups is 1. The van der Waals surface area contributed by atoms with Crippen molar-refractivity contribution in [2.75, 3.05) is 26.7 Å². The Morgan fingerprint density at radius 1 is 1.18 bits per heavy atom. The number of nitrogens with zero attached hydrogens (tertiary/aromatic N) is 4. The molecule has 1 fully saturated rings. The molecule has 174 valence electrons. The van der Waals surface area contributed by atoms with E-state index < -0.39 is 17.2 Å². The van der Waals surface area contributed by atoms with Crippen LogP contribution >= 0.6 is 0 Å². The van der Waals surface area contributed by atoms with Crippen LogP contribution in [-0.4, -0.2) is 55.8 Å². The summed E-state index contributed by atoms with van der Waals surface area (Å²) in [4.78, 5) is 11.3. The summed E-state index contributed by atoms with van der Waals surface area (Å²) in [7, 11) is 1.82. The molecule has 1 saturated heterocycles. The summed E-state index contributed by atoms with van der Waals surface area (Å²) in [5.74, 6) is 1.58. The number of nitrogens with two attached hydrogens (primary N) is 1. The molecule has 0 amide bonds. The molecule has 9 heteroatoms. The number of rotatable bonds is 7. The first-order valence-electron chi connectivity index (χ1n) is 10.6. The topological polar surface area (TPSA) is 75.6 Å². The highest BCUT2D eigenvalue weighted by molar-refractivity contribution is 6.15. The van der Waals surface area contributed by atoms with E-state index in [1.807, 2.05) is 11.9 Å². The summed E-state index contributed by atoms with van der Waals surface area (Å²) < 4.78 is 44.9. The smallest absolute Gasteiger partial charge is 0.280 e. The Balaban J connectivity index is 1.45. The van der Waals surface area contributed by atoms with Crippen LogP contribution in [0.25, 0.3) is 11.1 Å². The maximum atomic E-state index is 15.0. The van der Waals surface area contributed by atoms with Crippen molar-refractivity contribution in [3.8, 4) is 11.1 Å². The van der Waals surface area contributed by atoms with Crippen LogP contribution in [0.1, 0.15) is 24.5 Å². The number of hydrogen-bond donors (Lipinski definition) is 1. The number of halogens is 3. The van der Waals surface area contributed by atoms with Gasteiger partial charge in [0.2, 0.25) is 0 Å². The highest BCUT2D eigenvalue weighted by Crippen LogP contribution is 2.50. The Morgan fingerprint density at radius 2 is 1.88 bits per heavy atom. The summed E-state index contributed by atoms with van der Waals surface area (Å²) in [5.41, 5.74) is 0.959. The zero-order valence-electron chi connectivity index (χ0n) is 18.5. The third-order valence-electron chi connectivity index (χ3n) is 6.16. The normalized spacial score (nSPS) is 20.8. The second-order valence-electron chi connectivity index (χ2n) is 8.86. The van der Waals surface area contributed by atoms with Crippen LogP contribution in [0.3, 0.4) is 0 Å². The molecule has 2 aromatic carbocycles. The fourth-order valence-electron chi connectivity index (χ4n) is 4.44. The van der Waals surface area contributed by atoms with Crippen molar-refractivity contribution in [3.63, 3.8) is 0 Å². The van der Waals surface area contributed by atoms with E-state index in [0.29, 0.717) is 48.5 Å². The second-order valence-corrected chi connectivity index (χ2v) is 8.86. The first kappa shape index (κ1) is 23.0. The van der Waals surface area contributed by atoms with Crippen molar-refractivity contribution in [2.24, 2.45) is 26.5 Å². The maximum absolute atomic E-state index is 15.0. The second kappa shape index (κ2) is 8.97. The third-order valence-corrected chi connectivity index (χ3v) is 6.16. The van der Waals surface area contributed by atoms with E-state index in [9.17, 15) is 13.2 Å². The van der Waals surface area contributed by atoms with Crippen molar-refractivity contribution in [3.05, 3.63) is 59.4 Å². The lowest BCUT2D eigenvalue weighted by atomic mass is 9.73. The molecule has 4 rings (SSSR count). The predicted molar refractivity (Wildman–Crippen MR) is 123 cm³/mol. The van der Waals surface area contributed by atoms with Gasteiger partial charge in [0.25, 0.3) is 5.92 Å². The van der Waals surface area contributed by atoms with E-state index in [4.69, 9.17) is 10.7 Å². The van der Waals surface area contributed by atoms with Crippen LogP contribution in [0.5, 0.6) is 0 Å². The van der Waals surface area contributed by atoms with Gasteiger partial charge in [0.05, 0.1) is 23.9 Å². The van der Waals surface area contributed by atoms with Gasteiger partial charge in [-0.05, 0) is 18.7 Å². The minimum absolute atomic E-state index is 0.0530. The number of benzene rings is 2. The Morgan fingerprint density at radius 3 is 2.52 bits per heavy atom. The van der Waals surface area contributed by atoms with Gasteiger partial charge < -0.3 is 15.6 Å². The van der Waals surface area contributed by atoms with E-state index in [1.54, 1.807) is 31.2 Å². The van der Waals surface area contributed by atoms with E-state index in [1.165, 1.54) is 30.6 Å². The van der Waals surface area contributed by atoms with Crippen LogP contribution in [0.2, 0.25) is 0 Å². The predicted octanol–water partition coefficient (Wildman–Crippen LogP) is 4.04. The number of alkyl halides is 2. The van der Waals surface area contributed by atoms with Gasteiger partial charge in [-0.2, -0.15) is 5.10 Å². The van der Waals surface area contributed by atoms with Gasteiger partial charge >= 0.3 is 0 Å². The molecular weight excluding hydrogens is 431 g/mol. The largest absolute Gasteiger partial charge is 0.390 e. The highest BCUT2D eigenvalue weighted by Gasteiger charge is 2.56. The fraction of sp³-hybridized carbons (Fsp3) is 0.375. The zero-order chi connectivity index (χ0) is 23.6. The highest BCUT2D eigenvalue weighted by atomic mass is 19.3. The molecule has 6 nitrogen and oxygen atoms in total. The molecule has 0 spiro atoms. The van der Waals surface area contributed by atoms with Crippen molar-refractivity contribution in [2.45, 2.75) is 25.4 Å². The number of hydrazone groups is 1. The molecule has 2 aromatic rings. The quantitative estimate of drug-likeness (QED) is 0.387. The first-order chi connectivity index (χ1) is 15.7. The Labute approximate surface area is 190 Å². The van der Waals surface area contributed by atoms with Crippen LogP contribution in [0, 0.1) is 11.2 Å². The van der Waals surface area contributed by atoms with Crippen LogP contribution < -0.4 is 5.84 Å². The molecule has 1 unspecified atom stereocenters. The number of oxime groups is 1. The molecular formula is C24H26F3N5O. The van der Waals surface area contributed by atoms with Gasteiger partial charge in [-0.25, -0.2) is 13.2 Å². The molecule has 0 aromatic heterocycles. The lowest BCUT2D eigenvalue weighted by Crippen LogP contribution is -2.60. The van der Waals surface area contributed by atoms with Crippen molar-refractivity contribution >= 4 is 18.1 Å². The first-order valence-corrected chi connectivity index (χ1v) is 10.6. The molecule has 2 aliphatic rings. The van der Waals surface area contributed by atoms with E-state index in [2.05, 4.69) is 15.2 Å². The summed E-state index contributed by atoms with van der Waals surface area (Å²) >= 11 is 0. The van der Waals surface area contributed by atoms with Gasteiger partial charge in [0.1, 0.15) is 5.82 Å². The summed E-state index contributed by atoms with van der Waals surface area (Å²) in [6, 6.07) is 10.6. The van der Waals surface area contributed by atoms with Crippen molar-refractivity contribution in [1.82, 2.24) is 4.90 Å². The molecule has 0 saturated carbocycles. The number of hydrogen-bond acceptors (Lipinski definition) is 6. The molecule has 1 atom stereocenters. The Hall–Kier alpha value is -3.20. The Bertz CT molecular complexity index is 1090. The van der Waals surface area contributed by atoms with Crippen LogP contribution in [-0.2, 0) is 10.8 Å². The summed E-state index contributed by atoms with van der Waals surface area (Å²) in [6.45, 7) is 2.65. The van der Waals surface area contributed by atoms with Crippen molar-refractivity contribution < 1.29 is 18.0 Å². The minimum atomic E-state index is -2.96. The average molecular weight is 458 g/mol. The number of likely N-dealkylation sites (tertiary alicyclic amines) is 1. The fourth-order valence-corrected chi connectivity index (χ4v) is 4.44. The van der Waals surface area contributed by atoms with Gasteiger partial charge in [-0.3, -0.25) is 4.99 Å². The standard InChI is InChI=1S/C24H26F3N5O/c1-23(14-32(2)15-23)24(26,27)18-6-3-16(4-7-18)20-8-5-17(11-21(20)25)22-12-19(33-31-22)13-29-9-10-30-28/h3-11,19H,12-15,28H2,1-2H3. The molecule has 2 aliphatic heterocycles. The van der Waals surface area contributed by atoms with Crippen molar-refractivity contribution in [1.29, 1.82) is 0 Å². The maximum Gasteiger partial charge on any atom is 0.280 e. The zero-order valence-corrected chi connectivity index (χ0v) is 18.5. The van der Waals surface area contributed by atoms with E-state index in [-0.39, 0.29) is 11.7 Å². The molecule has 2 N–H and O–H groups in total. The van der Waals surface area contributed by atoms with E-state index >= 15 is 0 Å². The SMILES string of the molecule is CN1CC(C)(C(F)(F)c2ccc(-c3ccc(C4=NOC(CN=CC=NN)C4)cc3F)cc2)C1. The van der Waals surface area contributed by atoms with Gasteiger partial charge in [-0.1, -0.05) is 48.5 Å². The Kier molecular flexibility index (Phi) is 6.25. The molecule has 0 bridgehead atoms. The minimum Gasteiger partial charge on any atom is -0.390 e. The molecule has 0 radical (unpaired) electrons. The van der Waals surface area contributed by atoms with E-state index in [0.717, 1.165) is 0 Å². The summed E-state index contributed by atoms with van der Waals surface area (Å²) in [5, 5.41) is 7.36. The lowest BCUT2D eigenvalue weighted by molar-refractivity contribution is -0.183. The monoisotopic (exact) mass is 457 g/mol. The van der Waals surface area contributed by atoms with Crippen LogP contribution in [0.4, 0.5) is 13.2 Å².